The number of halogens is 7. The van der Waals surface area contributed by atoms with Crippen molar-refractivity contribution in [1.29, 1.82) is 0 Å². The summed E-state index contributed by atoms with van der Waals surface area (Å²) in [6.07, 6.45) is -4.99. The highest BCUT2D eigenvalue weighted by atomic mass is 35.5. The predicted molar refractivity (Wildman–Crippen MR) is 157 cm³/mol. The van der Waals surface area contributed by atoms with Gasteiger partial charge in [0.25, 0.3) is 5.91 Å². The molecule has 48 heavy (non-hydrogen) atoms. The molecule has 0 fully saturated rings. The molecule has 2 aromatic carbocycles. The number of alkyl halides is 6. The van der Waals surface area contributed by atoms with E-state index in [0.717, 1.165) is 13.2 Å². The molecule has 0 radical (unpaired) electrons. The molecule has 1 aliphatic rings. The SMILES string of the molecule is COC(=O)C[C@H](NC(=O)CNC(=O)c1cc(NC2=NCC(F)CN2)c2cn[nH]c2c1)c1cc(Cl)cc(OC(F)F)c1.O=C(O)C(F)(F)F. The molecule has 2 atom stereocenters. The first-order chi connectivity index (χ1) is 22.5. The fourth-order valence-electron chi connectivity index (χ4n) is 3.98. The Bertz CT molecular complexity index is 1670. The first-order valence-corrected chi connectivity index (χ1v) is 13.8. The number of hydrogen-bond donors (Lipinski definition) is 6. The molecule has 1 unspecified atom stereocenters. The molecule has 2 amide bonds. The molecule has 6 N–H and O–H groups in total. The number of ether oxygens (including phenoxy) is 2. The summed E-state index contributed by atoms with van der Waals surface area (Å²) in [5.74, 6) is -4.68. The molecule has 0 spiro atoms. The van der Waals surface area contributed by atoms with Gasteiger partial charge < -0.3 is 35.8 Å². The Labute approximate surface area is 271 Å². The first kappa shape index (κ1) is 37.2. The second-order valence-corrected chi connectivity index (χ2v) is 10.1. The maximum atomic E-state index is 13.4. The molecule has 0 saturated carbocycles. The van der Waals surface area contributed by atoms with Gasteiger partial charge in [-0.2, -0.15) is 27.1 Å². The van der Waals surface area contributed by atoms with Crippen LogP contribution in [-0.2, 0) is 19.1 Å². The van der Waals surface area contributed by atoms with Crippen molar-refractivity contribution in [1.82, 2.24) is 26.1 Å². The topological polar surface area (TPSA) is 196 Å². The van der Waals surface area contributed by atoms with Crippen LogP contribution in [0.4, 0.5) is 32.0 Å². The number of nitrogens with one attached hydrogen (secondary N) is 5. The Balaban J connectivity index is 0.000000804. The number of amides is 2. The number of H-pyrrole nitrogens is 1. The van der Waals surface area contributed by atoms with Crippen LogP contribution in [0.5, 0.6) is 5.75 Å². The van der Waals surface area contributed by atoms with E-state index in [2.05, 4.69) is 45.9 Å². The van der Waals surface area contributed by atoms with Crippen LogP contribution in [-0.4, -0.2) is 90.7 Å². The summed E-state index contributed by atoms with van der Waals surface area (Å²) < 4.78 is 79.6. The number of aromatic amines is 1. The van der Waals surface area contributed by atoms with Gasteiger partial charge in [-0.25, -0.2) is 14.2 Å². The van der Waals surface area contributed by atoms with Crippen LogP contribution in [0.2, 0.25) is 5.02 Å². The number of anilines is 1. The van der Waals surface area contributed by atoms with Gasteiger partial charge in [0.15, 0.2) is 5.96 Å². The molecule has 3 aromatic rings. The second-order valence-electron chi connectivity index (χ2n) is 9.63. The van der Waals surface area contributed by atoms with E-state index < -0.39 is 55.3 Å². The molecule has 14 nitrogen and oxygen atoms in total. The third kappa shape index (κ3) is 11.2. The van der Waals surface area contributed by atoms with Gasteiger partial charge in [0.1, 0.15) is 11.9 Å². The molecule has 0 bridgehead atoms. The quantitative estimate of drug-likeness (QED) is 0.134. The summed E-state index contributed by atoms with van der Waals surface area (Å²) in [7, 11) is 1.15. The summed E-state index contributed by atoms with van der Waals surface area (Å²) in [4.78, 5) is 50.7. The van der Waals surface area contributed by atoms with Crippen molar-refractivity contribution in [3.63, 3.8) is 0 Å². The minimum Gasteiger partial charge on any atom is -0.475 e. The number of carboxylic acids is 1. The number of hydrogen-bond acceptors (Lipinski definition) is 10. The van der Waals surface area contributed by atoms with E-state index in [9.17, 15) is 40.7 Å². The number of carbonyl (C=O) groups excluding carboxylic acids is 3. The highest BCUT2D eigenvalue weighted by molar-refractivity contribution is 6.30. The summed E-state index contributed by atoms with van der Waals surface area (Å²) in [6, 6.07) is 5.76. The number of esters is 1. The largest absolute Gasteiger partial charge is 0.490 e. The zero-order valence-electron chi connectivity index (χ0n) is 24.5. The maximum Gasteiger partial charge on any atom is 0.490 e. The lowest BCUT2D eigenvalue weighted by Gasteiger charge is -2.20. The van der Waals surface area contributed by atoms with Crippen LogP contribution < -0.4 is 26.0 Å². The minimum atomic E-state index is -5.08. The average molecular weight is 710 g/mol. The van der Waals surface area contributed by atoms with Gasteiger partial charge in [0.2, 0.25) is 5.91 Å². The number of guanidine groups is 1. The third-order valence-electron chi connectivity index (χ3n) is 6.12. The summed E-state index contributed by atoms with van der Waals surface area (Å²) in [5.41, 5.74) is 1.36. The fourth-order valence-corrected chi connectivity index (χ4v) is 4.22. The summed E-state index contributed by atoms with van der Waals surface area (Å²) in [5, 5.41) is 25.5. The van der Waals surface area contributed by atoms with Crippen molar-refractivity contribution in [2.45, 2.75) is 31.4 Å². The number of methoxy groups -OCH3 is 1. The van der Waals surface area contributed by atoms with E-state index in [1.807, 2.05) is 0 Å². The number of carbonyl (C=O) groups is 4. The zero-order chi connectivity index (χ0) is 35.6. The molecule has 0 saturated heterocycles. The molecule has 260 valence electrons. The molecule has 4 rings (SSSR count). The van der Waals surface area contributed by atoms with E-state index in [-0.39, 0.29) is 41.4 Å². The average Bonchev–Trinajstić information content (AvgIpc) is 3.49. The van der Waals surface area contributed by atoms with Crippen molar-refractivity contribution >= 4 is 57.9 Å². The second kappa shape index (κ2) is 16.5. The Morgan fingerprint density at radius 3 is 2.46 bits per heavy atom. The normalized spacial score (nSPS) is 14.9. The van der Waals surface area contributed by atoms with Crippen molar-refractivity contribution in [2.24, 2.45) is 4.99 Å². The number of rotatable bonds is 10. The van der Waals surface area contributed by atoms with E-state index in [4.69, 9.17) is 21.5 Å². The van der Waals surface area contributed by atoms with Gasteiger partial charge in [-0.1, -0.05) is 11.6 Å². The standard InChI is InChI=1S/C25H25ClF3N7O5.C2HF3O2/c1-40-22(38)7-18(12-2-14(26)6-16(3-12)41-24(28)29)34-21(37)11-30-23(39)13-4-19(17-10-33-36-20(17)5-13)35-25-31-8-15(27)9-32-25;3-2(4,5)1(6)7/h2-6,10,15,18,24H,7-9,11H2,1H3,(H,30,39)(H,33,36)(H,34,37)(H2,31,32,35);(H,6,7)/t18-;/m0./s1. The predicted octanol–water partition coefficient (Wildman–Crippen LogP) is 3.31. The monoisotopic (exact) mass is 709 g/mol. The molecule has 21 heteroatoms. The molecule has 2 heterocycles. The number of nitrogens with zero attached hydrogens (tertiary/aromatic N) is 2. The molecule has 0 aliphatic carbocycles. The Morgan fingerprint density at radius 1 is 1.15 bits per heavy atom. The van der Waals surface area contributed by atoms with E-state index >= 15 is 0 Å². The van der Waals surface area contributed by atoms with E-state index in [1.165, 1.54) is 24.3 Å². The zero-order valence-corrected chi connectivity index (χ0v) is 25.2. The molecule has 1 aromatic heterocycles. The van der Waals surface area contributed by atoms with E-state index in [1.54, 1.807) is 6.20 Å². The third-order valence-corrected chi connectivity index (χ3v) is 6.34. The Morgan fingerprint density at radius 2 is 1.85 bits per heavy atom. The van der Waals surface area contributed by atoms with Crippen molar-refractivity contribution in [2.75, 3.05) is 32.1 Å². The van der Waals surface area contributed by atoms with Crippen molar-refractivity contribution < 1.29 is 60.1 Å². The number of aromatic nitrogens is 2. The highest BCUT2D eigenvalue weighted by Crippen LogP contribution is 2.28. The molecular formula is C27H26ClF6N7O7. The number of aliphatic carboxylic acids is 1. The van der Waals surface area contributed by atoms with Gasteiger partial charge in [0, 0.05) is 16.0 Å². The van der Waals surface area contributed by atoms with Crippen molar-refractivity contribution in [3.05, 3.63) is 52.7 Å². The Kier molecular flexibility index (Phi) is 12.8. The fraction of sp³-hybridized carbons (Fsp3) is 0.333. The van der Waals surface area contributed by atoms with E-state index in [0.29, 0.717) is 22.5 Å². The van der Waals surface area contributed by atoms with Crippen LogP contribution in [0.3, 0.4) is 0 Å². The van der Waals surface area contributed by atoms with Gasteiger partial charge >= 0.3 is 24.7 Å². The van der Waals surface area contributed by atoms with Crippen LogP contribution >= 0.6 is 11.6 Å². The van der Waals surface area contributed by atoms with Gasteiger partial charge in [0.05, 0.1) is 56.6 Å². The number of fused-ring (bicyclic) bond motifs is 1. The van der Waals surface area contributed by atoms with Gasteiger partial charge in [-0.15, -0.1) is 0 Å². The van der Waals surface area contributed by atoms with Crippen LogP contribution in [0, 0.1) is 0 Å². The van der Waals surface area contributed by atoms with Crippen LogP contribution in [0.15, 0.2) is 41.5 Å². The maximum absolute atomic E-state index is 13.4. The highest BCUT2D eigenvalue weighted by Gasteiger charge is 2.38. The summed E-state index contributed by atoms with van der Waals surface area (Å²) >= 11 is 6.02. The van der Waals surface area contributed by atoms with Crippen LogP contribution in [0.1, 0.15) is 28.4 Å². The summed E-state index contributed by atoms with van der Waals surface area (Å²) in [6.45, 7) is -3.53. The molecular weight excluding hydrogens is 684 g/mol. The van der Waals surface area contributed by atoms with Gasteiger partial charge in [-0.3, -0.25) is 19.5 Å². The Hall–Kier alpha value is -5.27. The number of aliphatic imine (C=N–C) groups is 1. The lowest BCUT2D eigenvalue weighted by molar-refractivity contribution is -0.192. The number of benzene rings is 2. The number of carboxylic acid groups (broad SMARTS) is 1. The smallest absolute Gasteiger partial charge is 0.475 e. The lowest BCUT2D eigenvalue weighted by Crippen LogP contribution is -2.41. The van der Waals surface area contributed by atoms with Crippen molar-refractivity contribution in [3.8, 4) is 5.75 Å². The van der Waals surface area contributed by atoms with Crippen LogP contribution in [0.25, 0.3) is 10.9 Å². The first-order valence-electron chi connectivity index (χ1n) is 13.4. The lowest BCUT2D eigenvalue weighted by atomic mass is 10.0. The molecule has 1 aliphatic heterocycles. The minimum absolute atomic E-state index is 0.00807. The van der Waals surface area contributed by atoms with Gasteiger partial charge in [-0.05, 0) is 35.9 Å².